The first-order chi connectivity index (χ1) is 12.8. The first kappa shape index (κ1) is 23.4. The van der Waals surface area contributed by atoms with Crippen LogP contribution in [0, 0.1) is 0 Å². The van der Waals surface area contributed by atoms with Crippen molar-refractivity contribution in [1.82, 2.24) is 0 Å². The Morgan fingerprint density at radius 1 is 1.04 bits per heavy atom. The SMILES string of the molecule is CC(C[N+]1(C2CCCCC2)CCCC1)OC(=O)c1ccc(C(C)(C)C)cc1.[Br-]. The van der Waals surface area contributed by atoms with Crippen LogP contribution >= 0.6 is 0 Å². The highest BCUT2D eigenvalue weighted by atomic mass is 79.9. The number of benzene rings is 1. The molecule has 0 bridgehead atoms. The second-order valence-corrected chi connectivity index (χ2v) is 9.89. The molecule has 1 saturated carbocycles. The summed E-state index contributed by atoms with van der Waals surface area (Å²) >= 11 is 0. The Morgan fingerprint density at radius 2 is 1.61 bits per heavy atom. The van der Waals surface area contributed by atoms with Crippen LogP contribution in [0.3, 0.4) is 0 Å². The molecule has 1 aromatic carbocycles. The summed E-state index contributed by atoms with van der Waals surface area (Å²) in [5, 5.41) is 0. The van der Waals surface area contributed by atoms with Crippen LogP contribution in [0.2, 0.25) is 0 Å². The summed E-state index contributed by atoms with van der Waals surface area (Å²) in [5.41, 5.74) is 2.01. The molecule has 2 aliphatic rings. The number of nitrogens with zero attached hydrogens (tertiary/aromatic N) is 1. The predicted octanol–water partition coefficient (Wildman–Crippen LogP) is 2.48. The maximum atomic E-state index is 12.6. The largest absolute Gasteiger partial charge is 1.00 e. The fraction of sp³-hybridized carbons (Fsp3) is 0.708. The Balaban J connectivity index is 0.00000280. The fourth-order valence-electron chi connectivity index (χ4n) is 5.20. The van der Waals surface area contributed by atoms with Crippen LogP contribution in [0.15, 0.2) is 24.3 Å². The van der Waals surface area contributed by atoms with E-state index in [0.717, 1.165) is 12.6 Å². The van der Waals surface area contributed by atoms with Crippen LogP contribution in [0.4, 0.5) is 0 Å². The van der Waals surface area contributed by atoms with Gasteiger partial charge in [0, 0.05) is 12.8 Å². The lowest BCUT2D eigenvalue weighted by Crippen LogP contribution is -3.00. The van der Waals surface area contributed by atoms with Crippen molar-refractivity contribution in [2.75, 3.05) is 19.6 Å². The van der Waals surface area contributed by atoms with Crippen LogP contribution in [0.5, 0.6) is 0 Å². The number of likely N-dealkylation sites (tertiary alicyclic amines) is 1. The Bertz CT molecular complexity index is 623. The average Bonchev–Trinajstić information content (AvgIpc) is 3.11. The first-order valence-corrected chi connectivity index (χ1v) is 11.0. The van der Waals surface area contributed by atoms with Crippen LogP contribution in [0.1, 0.15) is 88.6 Å². The van der Waals surface area contributed by atoms with Crippen molar-refractivity contribution in [3.63, 3.8) is 0 Å². The molecule has 2 fully saturated rings. The van der Waals surface area contributed by atoms with Gasteiger partial charge in [0.2, 0.25) is 0 Å². The molecule has 1 saturated heterocycles. The molecule has 1 aliphatic carbocycles. The van der Waals surface area contributed by atoms with Gasteiger partial charge in [0.25, 0.3) is 0 Å². The smallest absolute Gasteiger partial charge is 0.338 e. The third-order valence-corrected chi connectivity index (χ3v) is 6.72. The van der Waals surface area contributed by atoms with E-state index in [1.165, 1.54) is 68.1 Å². The first-order valence-electron chi connectivity index (χ1n) is 11.0. The van der Waals surface area contributed by atoms with Crippen molar-refractivity contribution in [2.24, 2.45) is 0 Å². The van der Waals surface area contributed by atoms with E-state index in [1.807, 2.05) is 12.1 Å². The average molecular weight is 452 g/mol. The third kappa shape index (κ3) is 5.60. The number of ether oxygens (including phenoxy) is 1. The minimum absolute atomic E-state index is 0. The number of hydrogen-bond acceptors (Lipinski definition) is 2. The molecule has 1 heterocycles. The van der Waals surface area contributed by atoms with Crippen molar-refractivity contribution in [3.05, 3.63) is 35.4 Å². The van der Waals surface area contributed by atoms with Gasteiger partial charge in [0.15, 0.2) is 0 Å². The molecular formula is C24H38BrNO2. The van der Waals surface area contributed by atoms with Gasteiger partial charge >= 0.3 is 5.97 Å². The van der Waals surface area contributed by atoms with E-state index in [-0.39, 0.29) is 34.5 Å². The number of carbonyl (C=O) groups is 1. The molecule has 1 aliphatic heterocycles. The van der Waals surface area contributed by atoms with Gasteiger partial charge in [-0.1, -0.05) is 39.3 Å². The van der Waals surface area contributed by atoms with Gasteiger partial charge in [-0.25, -0.2) is 4.79 Å². The van der Waals surface area contributed by atoms with Crippen molar-refractivity contribution in [1.29, 1.82) is 0 Å². The van der Waals surface area contributed by atoms with Gasteiger partial charge in [0.1, 0.15) is 12.6 Å². The lowest BCUT2D eigenvalue weighted by Gasteiger charge is -2.44. The zero-order chi connectivity index (χ0) is 19.5. The molecule has 4 heteroatoms. The third-order valence-electron chi connectivity index (χ3n) is 6.72. The molecule has 3 nitrogen and oxygen atoms in total. The van der Waals surface area contributed by atoms with E-state index in [4.69, 9.17) is 4.74 Å². The summed E-state index contributed by atoms with van der Waals surface area (Å²) in [6.45, 7) is 12.2. The molecule has 0 spiro atoms. The molecule has 0 N–H and O–H groups in total. The number of esters is 1. The summed E-state index contributed by atoms with van der Waals surface area (Å²) in [6, 6.07) is 8.72. The Labute approximate surface area is 182 Å². The van der Waals surface area contributed by atoms with Crippen LogP contribution in [-0.2, 0) is 10.2 Å². The number of carbonyl (C=O) groups excluding carboxylic acids is 1. The molecule has 0 aromatic heterocycles. The second kappa shape index (κ2) is 9.75. The van der Waals surface area contributed by atoms with Crippen molar-refractivity contribution in [3.8, 4) is 0 Å². The molecule has 1 atom stereocenters. The lowest BCUT2D eigenvalue weighted by atomic mass is 9.87. The minimum Gasteiger partial charge on any atom is -1.00 e. The molecule has 1 unspecified atom stereocenters. The molecule has 158 valence electrons. The van der Waals surface area contributed by atoms with E-state index in [1.54, 1.807) is 0 Å². The quantitative estimate of drug-likeness (QED) is 0.507. The van der Waals surface area contributed by atoms with Crippen LogP contribution in [0.25, 0.3) is 0 Å². The topological polar surface area (TPSA) is 26.3 Å². The number of rotatable bonds is 5. The maximum Gasteiger partial charge on any atom is 0.338 e. The van der Waals surface area contributed by atoms with Crippen LogP contribution < -0.4 is 17.0 Å². The van der Waals surface area contributed by atoms with Gasteiger partial charge in [-0.05, 0) is 55.7 Å². The Morgan fingerprint density at radius 3 is 2.14 bits per heavy atom. The summed E-state index contributed by atoms with van der Waals surface area (Å²) in [5.74, 6) is -0.177. The molecule has 0 amide bonds. The number of halogens is 1. The summed E-state index contributed by atoms with van der Waals surface area (Å²) < 4.78 is 7.08. The minimum atomic E-state index is -0.177. The Kier molecular flexibility index (Phi) is 8.16. The van der Waals surface area contributed by atoms with Crippen molar-refractivity contribution < 1.29 is 31.0 Å². The second-order valence-electron chi connectivity index (χ2n) is 9.89. The summed E-state index contributed by atoms with van der Waals surface area (Å²) in [6.07, 6.45) is 9.48. The van der Waals surface area contributed by atoms with Crippen molar-refractivity contribution in [2.45, 2.75) is 90.2 Å². The number of quaternary nitrogens is 1. The van der Waals surface area contributed by atoms with Gasteiger partial charge in [-0.2, -0.15) is 0 Å². The van der Waals surface area contributed by atoms with E-state index in [0.29, 0.717) is 5.56 Å². The zero-order valence-electron chi connectivity index (χ0n) is 18.2. The number of hydrogen-bond donors (Lipinski definition) is 0. The van der Waals surface area contributed by atoms with E-state index < -0.39 is 0 Å². The lowest BCUT2D eigenvalue weighted by molar-refractivity contribution is -0.944. The highest BCUT2D eigenvalue weighted by molar-refractivity contribution is 5.89. The maximum absolute atomic E-state index is 12.6. The zero-order valence-corrected chi connectivity index (χ0v) is 19.8. The van der Waals surface area contributed by atoms with Gasteiger partial charge in [0.05, 0.1) is 24.7 Å². The molecule has 1 aromatic rings. The van der Waals surface area contributed by atoms with E-state index >= 15 is 0 Å². The predicted molar refractivity (Wildman–Crippen MR) is 111 cm³/mol. The molecular weight excluding hydrogens is 414 g/mol. The summed E-state index contributed by atoms with van der Waals surface area (Å²) in [7, 11) is 0. The standard InChI is InChI=1S/C24H38NO2.BrH/c1-19(18-25(16-8-9-17-25)22-10-6-5-7-11-22)27-23(26)20-12-14-21(15-13-20)24(2,3)4;/h12-15,19,22H,5-11,16-18H2,1-4H3;1H/q+1;/p-1. The van der Waals surface area contributed by atoms with Crippen molar-refractivity contribution >= 4 is 5.97 Å². The highest BCUT2D eigenvalue weighted by Crippen LogP contribution is 2.33. The summed E-state index contributed by atoms with van der Waals surface area (Å²) in [4.78, 5) is 12.6. The normalized spacial score (nSPS) is 21.0. The van der Waals surface area contributed by atoms with Gasteiger partial charge in [-0.3, -0.25) is 0 Å². The molecule has 0 radical (unpaired) electrons. The molecule has 28 heavy (non-hydrogen) atoms. The fourth-order valence-corrected chi connectivity index (χ4v) is 5.20. The van der Waals surface area contributed by atoms with Gasteiger partial charge in [-0.15, -0.1) is 0 Å². The monoisotopic (exact) mass is 451 g/mol. The van der Waals surface area contributed by atoms with Crippen LogP contribution in [-0.4, -0.2) is 42.2 Å². The molecule has 3 rings (SSSR count). The van der Waals surface area contributed by atoms with E-state index in [9.17, 15) is 4.79 Å². The highest BCUT2D eigenvalue weighted by Gasteiger charge is 2.41. The Hall–Kier alpha value is -0.870. The van der Waals surface area contributed by atoms with Gasteiger partial charge < -0.3 is 26.2 Å². The van der Waals surface area contributed by atoms with E-state index in [2.05, 4.69) is 39.8 Å².